The van der Waals surface area contributed by atoms with Crippen LogP contribution >= 0.6 is 22.9 Å². The van der Waals surface area contributed by atoms with Gasteiger partial charge in [-0.3, -0.25) is 4.79 Å². The molecule has 5 rings (SSSR count). The molecule has 4 heterocycles. The predicted octanol–water partition coefficient (Wildman–Crippen LogP) is 3.70. The second kappa shape index (κ2) is 10.0. The van der Waals surface area contributed by atoms with Gasteiger partial charge in [-0.05, 0) is 30.7 Å². The quantitative estimate of drug-likeness (QED) is 0.351. The lowest BCUT2D eigenvalue weighted by Gasteiger charge is -2.35. The van der Waals surface area contributed by atoms with Gasteiger partial charge in [0.2, 0.25) is 0 Å². The zero-order chi connectivity index (χ0) is 24.4. The molecule has 11 heteroatoms. The van der Waals surface area contributed by atoms with E-state index < -0.39 is 11.7 Å². The number of carbonyl (C=O) groups is 1. The van der Waals surface area contributed by atoms with Gasteiger partial charge in [0.15, 0.2) is 10.9 Å². The molecule has 0 saturated carbocycles. The number of benzene rings is 1. The van der Waals surface area contributed by atoms with Crippen LogP contribution in [0.1, 0.15) is 29.7 Å². The minimum Gasteiger partial charge on any atom is -0.353 e. The second-order valence-electron chi connectivity index (χ2n) is 8.16. The molecule has 1 saturated heterocycles. The molecule has 0 bridgehead atoms. The van der Waals surface area contributed by atoms with Crippen molar-refractivity contribution in [2.45, 2.75) is 19.4 Å². The molecule has 1 aliphatic rings. The van der Waals surface area contributed by atoms with Crippen molar-refractivity contribution < 1.29 is 4.79 Å². The van der Waals surface area contributed by atoms with Crippen LogP contribution in [-0.2, 0) is 0 Å². The van der Waals surface area contributed by atoms with Crippen LogP contribution in [0.5, 0.6) is 0 Å². The van der Waals surface area contributed by atoms with Crippen molar-refractivity contribution in [1.29, 1.82) is 0 Å². The van der Waals surface area contributed by atoms with E-state index in [0.717, 1.165) is 37.1 Å². The van der Waals surface area contributed by atoms with E-state index in [4.69, 9.17) is 11.6 Å². The second-order valence-corrected chi connectivity index (χ2v) is 9.44. The van der Waals surface area contributed by atoms with E-state index in [1.54, 1.807) is 41.8 Å². The first-order valence-electron chi connectivity index (χ1n) is 11.4. The third-order valence-electron chi connectivity index (χ3n) is 6.12. The molecule has 1 atom stereocenters. The van der Waals surface area contributed by atoms with E-state index >= 15 is 0 Å². The number of aromatic nitrogens is 5. The lowest BCUT2D eigenvalue weighted by atomic mass is 10.0. The van der Waals surface area contributed by atoms with Crippen molar-refractivity contribution >= 4 is 39.7 Å². The van der Waals surface area contributed by atoms with Gasteiger partial charge in [0.25, 0.3) is 0 Å². The Morgan fingerprint density at radius 3 is 2.51 bits per heavy atom. The number of rotatable bonds is 7. The van der Waals surface area contributed by atoms with Gasteiger partial charge in [-0.1, -0.05) is 30.7 Å². The Bertz CT molecular complexity index is 1360. The molecule has 9 nitrogen and oxygen atoms in total. The Morgan fingerprint density at radius 1 is 1.09 bits per heavy atom. The summed E-state index contributed by atoms with van der Waals surface area (Å²) in [5.74, 6) is 0.615. The third-order valence-corrected chi connectivity index (χ3v) is 7.28. The van der Waals surface area contributed by atoms with Crippen LogP contribution in [-0.4, -0.2) is 56.3 Å². The molecule has 180 valence electrons. The highest BCUT2D eigenvalue weighted by molar-refractivity contribution is 7.13. The lowest BCUT2D eigenvalue weighted by molar-refractivity contribution is 0.0911. The molecule has 1 unspecified atom stereocenters. The van der Waals surface area contributed by atoms with Gasteiger partial charge in [0, 0.05) is 43.3 Å². The summed E-state index contributed by atoms with van der Waals surface area (Å²) in [6, 6.07) is 9.84. The van der Waals surface area contributed by atoms with Crippen molar-refractivity contribution in [1.82, 2.24) is 24.3 Å². The SMILES string of the molecule is CCC(C(=O)c1ccccc1Cl)n1ncn(-c2ccc(N3CCN(c4nccs4)CC3)nc2)c1=O. The number of hydrogen-bond acceptors (Lipinski definition) is 8. The molecule has 0 spiro atoms. The number of piperazine rings is 1. The number of nitrogens with zero attached hydrogens (tertiary/aromatic N) is 7. The van der Waals surface area contributed by atoms with Crippen molar-refractivity contribution in [3.8, 4) is 5.69 Å². The molecule has 4 aromatic rings. The van der Waals surface area contributed by atoms with Crippen molar-refractivity contribution in [3.05, 3.63) is 81.6 Å². The minimum atomic E-state index is -0.745. The Kier molecular flexibility index (Phi) is 6.65. The van der Waals surface area contributed by atoms with Crippen LogP contribution in [0, 0.1) is 0 Å². The zero-order valence-corrected chi connectivity index (χ0v) is 20.7. The molecule has 0 aliphatic carbocycles. The standard InChI is InChI=1S/C24H24ClN7O2S/c1-2-20(22(33)18-5-3-4-6-19(18)25)32-24(34)31(16-28-32)17-7-8-21(27-15-17)29-10-12-30(13-11-29)23-26-9-14-35-23/h3-9,14-16,20H,2,10-13H2,1H3. The lowest BCUT2D eigenvalue weighted by Crippen LogP contribution is -2.46. The molecular weight excluding hydrogens is 486 g/mol. The Hall–Kier alpha value is -3.50. The van der Waals surface area contributed by atoms with Crippen LogP contribution in [0.2, 0.25) is 5.02 Å². The highest BCUT2D eigenvalue weighted by Crippen LogP contribution is 2.23. The number of Topliss-reactive ketones (excluding diaryl/α,β-unsaturated/α-hetero) is 1. The summed E-state index contributed by atoms with van der Waals surface area (Å²) in [5.41, 5.74) is 0.568. The average Bonchev–Trinajstić information content (AvgIpc) is 3.56. The fourth-order valence-corrected chi connectivity index (χ4v) is 5.15. The number of thiazole rings is 1. The van der Waals surface area contributed by atoms with E-state index in [0.29, 0.717) is 22.7 Å². The van der Waals surface area contributed by atoms with Crippen molar-refractivity contribution in [3.63, 3.8) is 0 Å². The molecule has 1 fully saturated rings. The molecule has 1 aliphatic heterocycles. The molecule has 35 heavy (non-hydrogen) atoms. The number of carbonyl (C=O) groups excluding carboxylic acids is 1. The first-order valence-corrected chi connectivity index (χ1v) is 12.6. The first-order chi connectivity index (χ1) is 17.1. The number of ketones is 1. The van der Waals surface area contributed by atoms with Gasteiger partial charge in [0.1, 0.15) is 18.2 Å². The monoisotopic (exact) mass is 509 g/mol. The summed E-state index contributed by atoms with van der Waals surface area (Å²) in [5, 5.41) is 7.63. The number of halogens is 1. The van der Waals surface area contributed by atoms with E-state index in [9.17, 15) is 9.59 Å². The maximum absolute atomic E-state index is 13.2. The first kappa shape index (κ1) is 23.3. The Balaban J connectivity index is 1.32. The fraction of sp³-hybridized carbons (Fsp3) is 0.292. The molecule has 3 aromatic heterocycles. The fourth-order valence-electron chi connectivity index (χ4n) is 4.22. The van der Waals surface area contributed by atoms with Crippen LogP contribution in [0.15, 0.2) is 65.3 Å². The smallest absolute Gasteiger partial charge is 0.351 e. The number of pyridine rings is 1. The van der Waals surface area contributed by atoms with Gasteiger partial charge in [-0.2, -0.15) is 5.10 Å². The summed E-state index contributed by atoms with van der Waals surface area (Å²) < 4.78 is 2.62. The van der Waals surface area contributed by atoms with E-state index in [1.165, 1.54) is 15.6 Å². The van der Waals surface area contributed by atoms with Gasteiger partial charge in [0.05, 0.1) is 16.9 Å². The minimum absolute atomic E-state index is 0.240. The highest BCUT2D eigenvalue weighted by atomic mass is 35.5. The predicted molar refractivity (Wildman–Crippen MR) is 137 cm³/mol. The summed E-state index contributed by atoms with van der Waals surface area (Å²) in [6.07, 6.45) is 5.32. The van der Waals surface area contributed by atoms with E-state index in [1.807, 2.05) is 30.6 Å². The maximum atomic E-state index is 13.2. The van der Waals surface area contributed by atoms with Gasteiger partial charge in [-0.15, -0.1) is 11.3 Å². The van der Waals surface area contributed by atoms with Crippen molar-refractivity contribution in [2.24, 2.45) is 0 Å². The van der Waals surface area contributed by atoms with Gasteiger partial charge >= 0.3 is 5.69 Å². The Morgan fingerprint density at radius 2 is 1.86 bits per heavy atom. The van der Waals surface area contributed by atoms with E-state index in [2.05, 4.69) is 24.9 Å². The van der Waals surface area contributed by atoms with Gasteiger partial charge < -0.3 is 9.80 Å². The Labute approximate surface area is 211 Å². The van der Waals surface area contributed by atoms with Crippen molar-refractivity contribution in [2.75, 3.05) is 36.0 Å². The zero-order valence-electron chi connectivity index (χ0n) is 19.1. The van der Waals surface area contributed by atoms with Crippen LogP contribution in [0.25, 0.3) is 5.69 Å². The van der Waals surface area contributed by atoms with E-state index in [-0.39, 0.29) is 5.78 Å². The summed E-state index contributed by atoms with van der Waals surface area (Å²) >= 11 is 7.86. The maximum Gasteiger partial charge on any atom is 0.351 e. The topological polar surface area (TPSA) is 89.2 Å². The normalized spacial score (nSPS) is 14.8. The summed E-state index contributed by atoms with van der Waals surface area (Å²) in [6.45, 7) is 5.27. The highest BCUT2D eigenvalue weighted by Gasteiger charge is 2.26. The summed E-state index contributed by atoms with van der Waals surface area (Å²) in [4.78, 5) is 39.7. The number of hydrogen-bond donors (Lipinski definition) is 0. The molecule has 0 N–H and O–H groups in total. The largest absolute Gasteiger partial charge is 0.353 e. The average molecular weight is 510 g/mol. The van der Waals surface area contributed by atoms with Crippen LogP contribution < -0.4 is 15.5 Å². The van der Waals surface area contributed by atoms with Crippen LogP contribution in [0.4, 0.5) is 10.9 Å². The van der Waals surface area contributed by atoms with Crippen LogP contribution in [0.3, 0.4) is 0 Å². The number of anilines is 2. The molecular formula is C24H24ClN7O2S. The summed E-state index contributed by atoms with van der Waals surface area (Å²) in [7, 11) is 0. The molecule has 0 radical (unpaired) electrons. The van der Waals surface area contributed by atoms with Gasteiger partial charge in [-0.25, -0.2) is 24.0 Å². The molecule has 0 amide bonds. The third kappa shape index (κ3) is 4.59. The molecule has 1 aromatic carbocycles.